The second-order valence-electron chi connectivity index (χ2n) is 7.62. The van der Waals surface area contributed by atoms with E-state index >= 15 is 0 Å². The summed E-state index contributed by atoms with van der Waals surface area (Å²) in [5.41, 5.74) is 3.21. The van der Waals surface area contributed by atoms with E-state index in [1.165, 1.54) is 12.3 Å². The Kier molecular flexibility index (Phi) is 5.69. The predicted octanol–water partition coefficient (Wildman–Crippen LogP) is 3.80. The molecule has 2 heterocycles. The van der Waals surface area contributed by atoms with Crippen molar-refractivity contribution in [3.8, 4) is 11.1 Å². The molecule has 1 unspecified atom stereocenters. The standard InChI is InChI=1S/C25H20N4O4S/c30-24(23-28-21-12-6-7-13-22(21)34(31,32)29-23)27-16-20(25-26-14-15-33-25)19-11-5-4-10-18(19)17-8-2-1-3-9-17/h1-15,20H,16H2,(H,27,30)(H,28,29). The van der Waals surface area contributed by atoms with E-state index in [-0.39, 0.29) is 17.3 Å². The van der Waals surface area contributed by atoms with E-state index in [2.05, 4.69) is 20.0 Å². The van der Waals surface area contributed by atoms with Crippen LogP contribution in [0, 0.1) is 0 Å². The van der Waals surface area contributed by atoms with Gasteiger partial charge >= 0.3 is 0 Å². The Labute approximate surface area is 196 Å². The van der Waals surface area contributed by atoms with E-state index < -0.39 is 21.8 Å². The number of nitrogens with zero attached hydrogens (tertiary/aromatic N) is 2. The molecule has 2 N–H and O–H groups in total. The molecule has 1 atom stereocenters. The van der Waals surface area contributed by atoms with Crippen LogP contribution in [0.1, 0.15) is 17.4 Å². The fourth-order valence-electron chi connectivity index (χ4n) is 3.91. The highest BCUT2D eigenvalue weighted by Gasteiger charge is 2.29. The number of hydrogen-bond donors (Lipinski definition) is 2. The highest BCUT2D eigenvalue weighted by atomic mass is 32.2. The van der Waals surface area contributed by atoms with Gasteiger partial charge in [-0.1, -0.05) is 66.7 Å². The van der Waals surface area contributed by atoms with Crippen molar-refractivity contribution in [2.24, 2.45) is 4.40 Å². The number of aromatic nitrogens is 1. The average Bonchev–Trinajstić information content (AvgIpc) is 3.39. The van der Waals surface area contributed by atoms with Crippen LogP contribution in [0.4, 0.5) is 5.69 Å². The monoisotopic (exact) mass is 472 g/mol. The molecule has 0 fully saturated rings. The maximum atomic E-state index is 12.9. The van der Waals surface area contributed by atoms with E-state index in [4.69, 9.17) is 4.42 Å². The highest BCUT2D eigenvalue weighted by molar-refractivity contribution is 7.90. The summed E-state index contributed by atoms with van der Waals surface area (Å²) in [5.74, 6) is -0.920. The van der Waals surface area contributed by atoms with E-state index in [0.29, 0.717) is 11.6 Å². The first kappa shape index (κ1) is 21.6. The fraction of sp³-hybridized carbons (Fsp3) is 0.0800. The van der Waals surface area contributed by atoms with Crippen LogP contribution in [0.3, 0.4) is 0 Å². The Morgan fingerprint density at radius 3 is 2.50 bits per heavy atom. The third-order valence-electron chi connectivity index (χ3n) is 5.48. The van der Waals surface area contributed by atoms with Crippen molar-refractivity contribution in [1.29, 1.82) is 0 Å². The van der Waals surface area contributed by atoms with E-state index in [9.17, 15) is 13.2 Å². The first-order chi connectivity index (χ1) is 16.5. The Hall–Kier alpha value is -4.24. The maximum Gasteiger partial charge on any atom is 0.287 e. The number of benzene rings is 3. The van der Waals surface area contributed by atoms with Crippen LogP contribution in [-0.4, -0.2) is 31.7 Å². The van der Waals surface area contributed by atoms with Gasteiger partial charge in [0.15, 0.2) is 0 Å². The van der Waals surface area contributed by atoms with Gasteiger partial charge in [-0.15, -0.1) is 4.40 Å². The molecule has 1 aromatic heterocycles. The summed E-state index contributed by atoms with van der Waals surface area (Å²) in [5, 5.41) is 5.60. The van der Waals surface area contributed by atoms with Gasteiger partial charge in [-0.2, -0.15) is 8.42 Å². The van der Waals surface area contributed by atoms with Crippen molar-refractivity contribution in [2.45, 2.75) is 10.8 Å². The van der Waals surface area contributed by atoms with Crippen LogP contribution < -0.4 is 10.6 Å². The summed E-state index contributed by atoms with van der Waals surface area (Å²) < 4.78 is 34.3. The molecular weight excluding hydrogens is 452 g/mol. The second-order valence-corrected chi connectivity index (χ2v) is 9.19. The molecular formula is C25H20N4O4S. The molecule has 5 rings (SSSR count). The summed E-state index contributed by atoms with van der Waals surface area (Å²) in [4.78, 5) is 17.3. The first-order valence-corrected chi connectivity index (χ1v) is 12.0. The van der Waals surface area contributed by atoms with E-state index in [1.54, 1.807) is 24.4 Å². The number of hydrogen-bond acceptors (Lipinski definition) is 6. The normalized spacial score (nSPS) is 14.9. The second kappa shape index (κ2) is 8.95. The van der Waals surface area contributed by atoms with Gasteiger partial charge in [-0.05, 0) is 28.8 Å². The van der Waals surface area contributed by atoms with Gasteiger partial charge in [0, 0.05) is 6.54 Å². The Bertz CT molecular complexity index is 1470. The molecule has 4 aromatic rings. The number of oxazole rings is 1. The quantitative estimate of drug-likeness (QED) is 0.441. The molecule has 3 aromatic carbocycles. The van der Waals surface area contributed by atoms with Crippen LogP contribution in [-0.2, 0) is 14.8 Å². The zero-order valence-corrected chi connectivity index (χ0v) is 18.7. The van der Waals surface area contributed by atoms with Gasteiger partial charge in [0.05, 0.1) is 17.8 Å². The SMILES string of the molecule is O=C(NCC(c1ncco1)c1ccccc1-c1ccccc1)C1=NS(=O)(=O)c2ccccc2N1. The molecule has 1 amide bonds. The molecule has 0 bridgehead atoms. The van der Waals surface area contributed by atoms with Crippen molar-refractivity contribution in [3.05, 3.63) is 103 Å². The van der Waals surface area contributed by atoms with Gasteiger partial charge < -0.3 is 15.1 Å². The zero-order valence-electron chi connectivity index (χ0n) is 17.9. The van der Waals surface area contributed by atoms with Crippen molar-refractivity contribution < 1.29 is 17.6 Å². The van der Waals surface area contributed by atoms with Crippen molar-refractivity contribution in [1.82, 2.24) is 10.3 Å². The smallest absolute Gasteiger partial charge is 0.287 e. The van der Waals surface area contributed by atoms with Crippen molar-refractivity contribution in [3.63, 3.8) is 0 Å². The molecule has 1 aliphatic heterocycles. The van der Waals surface area contributed by atoms with Gasteiger partial charge in [0.25, 0.3) is 15.9 Å². The van der Waals surface area contributed by atoms with Gasteiger partial charge in [0.2, 0.25) is 11.7 Å². The molecule has 1 aliphatic rings. The number of nitrogens with one attached hydrogen (secondary N) is 2. The van der Waals surface area contributed by atoms with Crippen LogP contribution in [0.25, 0.3) is 11.1 Å². The lowest BCUT2D eigenvalue weighted by Gasteiger charge is -2.21. The molecule has 8 nitrogen and oxygen atoms in total. The number of anilines is 1. The minimum Gasteiger partial charge on any atom is -0.448 e. The number of rotatable bonds is 6. The third kappa shape index (κ3) is 4.20. The number of carbonyl (C=O) groups excluding carboxylic acids is 1. The predicted molar refractivity (Wildman–Crippen MR) is 128 cm³/mol. The molecule has 0 spiro atoms. The number of fused-ring (bicyclic) bond motifs is 1. The molecule has 0 saturated carbocycles. The molecule has 9 heteroatoms. The number of sulfonamides is 1. The van der Waals surface area contributed by atoms with Crippen molar-refractivity contribution in [2.75, 3.05) is 11.9 Å². The van der Waals surface area contributed by atoms with Gasteiger partial charge in [-0.3, -0.25) is 4.79 Å². The summed E-state index contributed by atoms with van der Waals surface area (Å²) in [6.07, 6.45) is 3.02. The van der Waals surface area contributed by atoms with Crippen LogP contribution in [0.2, 0.25) is 0 Å². The van der Waals surface area contributed by atoms with Crippen LogP contribution in [0.5, 0.6) is 0 Å². The topological polar surface area (TPSA) is 114 Å². The minimum atomic E-state index is -3.98. The van der Waals surface area contributed by atoms with Crippen LogP contribution >= 0.6 is 0 Å². The lowest BCUT2D eigenvalue weighted by molar-refractivity contribution is -0.114. The Morgan fingerprint density at radius 2 is 1.71 bits per heavy atom. The molecule has 34 heavy (non-hydrogen) atoms. The Morgan fingerprint density at radius 1 is 0.971 bits per heavy atom. The number of amides is 1. The van der Waals surface area contributed by atoms with Gasteiger partial charge in [-0.25, -0.2) is 4.98 Å². The number of para-hydroxylation sites is 1. The number of carbonyl (C=O) groups is 1. The van der Waals surface area contributed by atoms with Crippen molar-refractivity contribution >= 4 is 27.5 Å². The average molecular weight is 473 g/mol. The van der Waals surface area contributed by atoms with Crippen LogP contribution in [0.15, 0.2) is 105 Å². The molecule has 0 radical (unpaired) electrons. The fourth-order valence-corrected chi connectivity index (χ4v) is 5.02. The molecule has 170 valence electrons. The molecule has 0 saturated heterocycles. The summed E-state index contributed by atoms with van der Waals surface area (Å²) in [6, 6.07) is 24.0. The molecule has 0 aliphatic carbocycles. The number of amidine groups is 1. The maximum absolute atomic E-state index is 12.9. The summed E-state index contributed by atoms with van der Waals surface area (Å²) in [6.45, 7) is 0.117. The lowest BCUT2D eigenvalue weighted by atomic mass is 9.90. The summed E-state index contributed by atoms with van der Waals surface area (Å²) in [7, 11) is -3.98. The third-order valence-corrected chi connectivity index (χ3v) is 6.82. The zero-order chi connectivity index (χ0) is 23.5. The highest BCUT2D eigenvalue weighted by Crippen LogP contribution is 2.32. The summed E-state index contributed by atoms with van der Waals surface area (Å²) >= 11 is 0. The minimum absolute atomic E-state index is 0.0287. The van der Waals surface area contributed by atoms with E-state index in [0.717, 1.165) is 16.7 Å². The first-order valence-electron chi connectivity index (χ1n) is 10.6. The van der Waals surface area contributed by atoms with Gasteiger partial charge in [0.1, 0.15) is 11.2 Å². The lowest BCUT2D eigenvalue weighted by Crippen LogP contribution is -2.40. The largest absolute Gasteiger partial charge is 0.448 e. The van der Waals surface area contributed by atoms with E-state index in [1.807, 2.05) is 54.6 Å². The Balaban J connectivity index is 1.44.